The third-order valence-corrected chi connectivity index (χ3v) is 7.12. The number of halogens is 1. The Morgan fingerprint density at radius 1 is 1.24 bits per heavy atom. The third kappa shape index (κ3) is 3.46. The summed E-state index contributed by atoms with van der Waals surface area (Å²) in [6, 6.07) is 10.2. The Balaban J connectivity index is 2.28. The molecule has 21 heavy (non-hydrogen) atoms. The van der Waals surface area contributed by atoms with Gasteiger partial charge < -0.3 is 5.73 Å². The Morgan fingerprint density at radius 2 is 1.86 bits per heavy atom. The quantitative estimate of drug-likeness (QED) is 0.905. The van der Waals surface area contributed by atoms with Gasteiger partial charge >= 0.3 is 0 Å². The van der Waals surface area contributed by atoms with Gasteiger partial charge in [0, 0.05) is 29.5 Å². The molecule has 0 aliphatic rings. The molecule has 4 nitrogen and oxygen atoms in total. The van der Waals surface area contributed by atoms with Crippen molar-refractivity contribution in [1.29, 1.82) is 0 Å². The van der Waals surface area contributed by atoms with Gasteiger partial charge in [0.2, 0.25) is 0 Å². The van der Waals surface area contributed by atoms with E-state index < -0.39 is 10.0 Å². The van der Waals surface area contributed by atoms with Gasteiger partial charge in [-0.05, 0) is 36.8 Å². The van der Waals surface area contributed by atoms with Gasteiger partial charge in [0.25, 0.3) is 10.0 Å². The van der Waals surface area contributed by atoms with Crippen molar-refractivity contribution in [3.8, 4) is 0 Å². The first kappa shape index (κ1) is 16.5. The van der Waals surface area contributed by atoms with E-state index in [9.17, 15) is 8.42 Å². The van der Waals surface area contributed by atoms with Gasteiger partial charge in [-0.15, -0.1) is 11.3 Å². The molecule has 114 valence electrons. The van der Waals surface area contributed by atoms with Crippen molar-refractivity contribution in [3.63, 3.8) is 0 Å². The molecule has 1 atom stereocenters. The first-order valence-electron chi connectivity index (χ1n) is 6.38. The van der Waals surface area contributed by atoms with Crippen LogP contribution in [-0.4, -0.2) is 19.8 Å². The smallest absolute Gasteiger partial charge is 0.252 e. The van der Waals surface area contributed by atoms with Crippen LogP contribution in [0.15, 0.2) is 40.6 Å². The van der Waals surface area contributed by atoms with Gasteiger partial charge in [-0.2, -0.15) is 4.31 Å². The highest BCUT2D eigenvalue weighted by Crippen LogP contribution is 2.30. The fraction of sp³-hybridized carbons (Fsp3) is 0.286. The molecule has 0 saturated carbocycles. The lowest BCUT2D eigenvalue weighted by atomic mass is 10.1. The van der Waals surface area contributed by atoms with E-state index >= 15 is 0 Å². The number of thiophene rings is 1. The zero-order valence-corrected chi connectivity index (χ0v) is 14.2. The van der Waals surface area contributed by atoms with Crippen LogP contribution in [0.1, 0.15) is 23.4 Å². The highest BCUT2D eigenvalue weighted by atomic mass is 35.5. The number of rotatable bonds is 5. The van der Waals surface area contributed by atoms with Crippen molar-refractivity contribution in [2.45, 2.75) is 23.7 Å². The number of hydrogen-bond acceptors (Lipinski definition) is 4. The predicted octanol–water partition coefficient (Wildman–Crippen LogP) is 3.24. The van der Waals surface area contributed by atoms with Crippen molar-refractivity contribution in [1.82, 2.24) is 4.31 Å². The average Bonchev–Trinajstić information content (AvgIpc) is 2.96. The molecule has 0 aliphatic carbocycles. The molecular weight excluding hydrogens is 328 g/mol. The highest BCUT2D eigenvalue weighted by molar-refractivity contribution is 7.91. The maximum atomic E-state index is 12.6. The third-order valence-electron chi connectivity index (χ3n) is 3.37. The normalized spacial score (nSPS) is 13.6. The Bertz CT molecular complexity index is 711. The van der Waals surface area contributed by atoms with Gasteiger partial charge in [0.1, 0.15) is 4.21 Å². The van der Waals surface area contributed by atoms with E-state index in [-0.39, 0.29) is 6.04 Å². The van der Waals surface area contributed by atoms with Crippen molar-refractivity contribution in [3.05, 3.63) is 51.9 Å². The van der Waals surface area contributed by atoms with Crippen LogP contribution < -0.4 is 5.73 Å². The molecule has 0 amide bonds. The van der Waals surface area contributed by atoms with E-state index in [0.29, 0.717) is 15.8 Å². The molecule has 0 fully saturated rings. The second kappa shape index (κ2) is 6.46. The van der Waals surface area contributed by atoms with Crippen LogP contribution in [0.25, 0.3) is 0 Å². The highest BCUT2D eigenvalue weighted by Gasteiger charge is 2.27. The summed E-state index contributed by atoms with van der Waals surface area (Å²) >= 11 is 7.07. The van der Waals surface area contributed by atoms with Gasteiger partial charge in [-0.1, -0.05) is 23.7 Å². The molecule has 1 heterocycles. The number of benzene rings is 1. The van der Waals surface area contributed by atoms with E-state index in [1.807, 2.05) is 19.1 Å². The molecule has 1 aromatic heterocycles. The van der Waals surface area contributed by atoms with Gasteiger partial charge in [0.15, 0.2) is 0 Å². The predicted molar refractivity (Wildman–Crippen MR) is 87.0 cm³/mol. The van der Waals surface area contributed by atoms with Crippen molar-refractivity contribution >= 4 is 33.0 Å². The molecule has 7 heteroatoms. The summed E-state index contributed by atoms with van der Waals surface area (Å²) in [6.07, 6.45) is 0. The summed E-state index contributed by atoms with van der Waals surface area (Å²) in [5, 5.41) is 0.627. The largest absolute Gasteiger partial charge is 0.326 e. The summed E-state index contributed by atoms with van der Waals surface area (Å²) in [7, 11) is -1.94. The van der Waals surface area contributed by atoms with Crippen molar-refractivity contribution < 1.29 is 8.42 Å². The van der Waals surface area contributed by atoms with Crippen molar-refractivity contribution in [2.75, 3.05) is 7.05 Å². The summed E-state index contributed by atoms with van der Waals surface area (Å²) < 4.78 is 26.9. The zero-order valence-electron chi connectivity index (χ0n) is 11.8. The van der Waals surface area contributed by atoms with Crippen LogP contribution in [0.3, 0.4) is 0 Å². The Hall–Kier alpha value is -0.920. The molecule has 0 spiro atoms. The van der Waals surface area contributed by atoms with E-state index in [0.717, 1.165) is 10.4 Å². The molecule has 0 aliphatic heterocycles. The number of sulfonamides is 1. The van der Waals surface area contributed by atoms with Crippen LogP contribution in [-0.2, 0) is 16.6 Å². The number of nitrogens with zero attached hydrogens (tertiary/aromatic N) is 1. The van der Waals surface area contributed by atoms with Crippen LogP contribution in [0.2, 0.25) is 5.02 Å². The van der Waals surface area contributed by atoms with Crippen LogP contribution in [0.5, 0.6) is 0 Å². The SMILES string of the molecule is CC(c1ccc(Cl)cc1)N(C)S(=O)(=O)c1ccc(CN)s1. The molecule has 0 saturated heterocycles. The summed E-state index contributed by atoms with van der Waals surface area (Å²) in [6.45, 7) is 2.19. The molecular formula is C14H17ClN2O2S2. The lowest BCUT2D eigenvalue weighted by Gasteiger charge is -2.24. The second-order valence-electron chi connectivity index (χ2n) is 4.67. The van der Waals surface area contributed by atoms with Crippen LogP contribution in [0, 0.1) is 0 Å². The summed E-state index contributed by atoms with van der Waals surface area (Å²) in [5.41, 5.74) is 6.43. The maximum Gasteiger partial charge on any atom is 0.252 e. The molecule has 2 rings (SSSR count). The molecule has 2 aromatic rings. The molecule has 1 unspecified atom stereocenters. The van der Waals surface area contributed by atoms with Crippen molar-refractivity contribution in [2.24, 2.45) is 5.73 Å². The number of hydrogen-bond donors (Lipinski definition) is 1. The minimum Gasteiger partial charge on any atom is -0.326 e. The van der Waals surface area contributed by atoms with E-state index in [1.165, 1.54) is 15.6 Å². The fourth-order valence-electron chi connectivity index (χ4n) is 1.91. The topological polar surface area (TPSA) is 63.4 Å². The Labute approximate surface area is 134 Å². The van der Waals surface area contributed by atoms with Crippen LogP contribution >= 0.6 is 22.9 Å². The fourth-order valence-corrected chi connectivity index (χ4v) is 4.80. The van der Waals surface area contributed by atoms with Gasteiger partial charge in [-0.3, -0.25) is 0 Å². The summed E-state index contributed by atoms with van der Waals surface area (Å²) in [4.78, 5) is 0.848. The van der Waals surface area contributed by atoms with E-state index in [4.69, 9.17) is 17.3 Å². The molecule has 1 aromatic carbocycles. The second-order valence-corrected chi connectivity index (χ2v) is 8.50. The van der Waals surface area contributed by atoms with E-state index in [2.05, 4.69) is 0 Å². The van der Waals surface area contributed by atoms with E-state index in [1.54, 1.807) is 31.3 Å². The average molecular weight is 345 g/mol. The molecule has 0 radical (unpaired) electrons. The maximum absolute atomic E-state index is 12.6. The van der Waals surface area contributed by atoms with Crippen LogP contribution in [0.4, 0.5) is 0 Å². The zero-order chi connectivity index (χ0) is 15.6. The first-order chi connectivity index (χ1) is 9.86. The molecule has 2 N–H and O–H groups in total. The lowest BCUT2D eigenvalue weighted by Crippen LogP contribution is -2.29. The standard InChI is InChI=1S/C14H17ClN2O2S2/c1-10(11-3-5-12(15)6-4-11)17(2)21(18,19)14-8-7-13(9-16)20-14/h3-8,10H,9,16H2,1-2H3. The number of nitrogens with two attached hydrogens (primary N) is 1. The van der Waals surface area contributed by atoms with Gasteiger partial charge in [-0.25, -0.2) is 8.42 Å². The van der Waals surface area contributed by atoms with Gasteiger partial charge in [0.05, 0.1) is 0 Å². The monoisotopic (exact) mass is 344 g/mol. The Morgan fingerprint density at radius 3 is 2.38 bits per heavy atom. The first-order valence-corrected chi connectivity index (χ1v) is 9.02. The molecule has 0 bridgehead atoms. The minimum absolute atomic E-state index is 0.282. The Kier molecular flexibility index (Phi) is 5.06. The lowest BCUT2D eigenvalue weighted by molar-refractivity contribution is 0.399. The minimum atomic E-state index is -3.52. The summed E-state index contributed by atoms with van der Waals surface area (Å²) in [5.74, 6) is 0.